The Hall–Kier alpha value is -1.97. The van der Waals surface area contributed by atoms with Gasteiger partial charge in [0.1, 0.15) is 5.82 Å². The van der Waals surface area contributed by atoms with Crippen molar-refractivity contribution in [1.82, 2.24) is 9.97 Å². The predicted molar refractivity (Wildman–Crippen MR) is 71.1 cm³/mol. The lowest BCUT2D eigenvalue weighted by Gasteiger charge is -2.09. The molecule has 18 heavy (non-hydrogen) atoms. The summed E-state index contributed by atoms with van der Waals surface area (Å²) < 4.78 is 13.9. The Balaban J connectivity index is 2.55. The molecule has 0 aliphatic carbocycles. The third kappa shape index (κ3) is 2.47. The predicted octanol–water partition coefficient (Wildman–Crippen LogP) is 3.33. The van der Waals surface area contributed by atoms with E-state index in [-0.39, 0.29) is 5.82 Å². The average Bonchev–Trinajstić information content (AvgIpc) is 2.35. The van der Waals surface area contributed by atoms with Gasteiger partial charge in [-0.2, -0.15) is 0 Å². The van der Waals surface area contributed by atoms with Crippen molar-refractivity contribution in [2.24, 2.45) is 0 Å². The zero-order valence-electron chi connectivity index (χ0n) is 10.8. The molecule has 0 bridgehead atoms. The molecule has 0 saturated heterocycles. The molecule has 3 nitrogen and oxygen atoms in total. The zero-order chi connectivity index (χ0) is 13.1. The van der Waals surface area contributed by atoms with E-state index in [0.717, 1.165) is 17.7 Å². The Morgan fingerprint density at radius 3 is 2.78 bits per heavy atom. The zero-order valence-corrected chi connectivity index (χ0v) is 10.8. The summed E-state index contributed by atoms with van der Waals surface area (Å²) in [6, 6.07) is 5.03. The van der Waals surface area contributed by atoms with E-state index < -0.39 is 0 Å². The number of rotatable bonds is 3. The van der Waals surface area contributed by atoms with Crippen molar-refractivity contribution in [3.05, 3.63) is 41.3 Å². The van der Waals surface area contributed by atoms with Crippen LogP contribution < -0.4 is 5.32 Å². The molecule has 1 aromatic heterocycles. The number of aromatic nitrogens is 2. The standard InChI is InChI=1S/C14H16FN3/c1-4-16-14-17-8-10(3)13(18-14)11-7-9(2)5-6-12(11)15/h5-8H,4H2,1-3H3,(H,16,17,18). The molecule has 0 radical (unpaired) electrons. The molecular formula is C14H16FN3. The van der Waals surface area contributed by atoms with Gasteiger partial charge in [0.25, 0.3) is 0 Å². The van der Waals surface area contributed by atoms with Crippen molar-refractivity contribution in [2.45, 2.75) is 20.8 Å². The van der Waals surface area contributed by atoms with Crippen molar-refractivity contribution in [3.8, 4) is 11.3 Å². The molecule has 0 spiro atoms. The van der Waals surface area contributed by atoms with Gasteiger partial charge in [-0.25, -0.2) is 14.4 Å². The maximum atomic E-state index is 13.9. The lowest BCUT2D eigenvalue weighted by atomic mass is 10.1. The van der Waals surface area contributed by atoms with Crippen LogP contribution in [-0.4, -0.2) is 16.5 Å². The molecule has 1 N–H and O–H groups in total. The molecular weight excluding hydrogens is 229 g/mol. The molecule has 0 atom stereocenters. The Labute approximate surface area is 106 Å². The lowest BCUT2D eigenvalue weighted by molar-refractivity contribution is 0.630. The summed E-state index contributed by atoms with van der Waals surface area (Å²) in [5.41, 5.74) is 3.03. The van der Waals surface area contributed by atoms with Crippen LogP contribution in [0, 0.1) is 19.7 Å². The highest BCUT2D eigenvalue weighted by molar-refractivity contribution is 5.65. The van der Waals surface area contributed by atoms with Crippen molar-refractivity contribution in [1.29, 1.82) is 0 Å². The first kappa shape index (κ1) is 12.5. The van der Waals surface area contributed by atoms with Gasteiger partial charge in [0.15, 0.2) is 0 Å². The summed E-state index contributed by atoms with van der Waals surface area (Å²) in [7, 11) is 0. The van der Waals surface area contributed by atoms with E-state index >= 15 is 0 Å². The van der Waals surface area contributed by atoms with Gasteiger partial charge < -0.3 is 5.32 Å². The third-order valence-corrected chi connectivity index (χ3v) is 2.68. The molecule has 0 saturated carbocycles. The van der Waals surface area contributed by atoms with Crippen LogP contribution >= 0.6 is 0 Å². The summed E-state index contributed by atoms with van der Waals surface area (Å²) in [5, 5.41) is 3.03. The first-order valence-electron chi connectivity index (χ1n) is 5.96. The summed E-state index contributed by atoms with van der Waals surface area (Å²) in [6.07, 6.45) is 1.71. The van der Waals surface area contributed by atoms with Gasteiger partial charge in [0.2, 0.25) is 5.95 Å². The Kier molecular flexibility index (Phi) is 3.55. The number of benzene rings is 1. The maximum absolute atomic E-state index is 13.9. The van der Waals surface area contributed by atoms with Crippen LogP contribution in [0.5, 0.6) is 0 Å². The van der Waals surface area contributed by atoms with E-state index in [4.69, 9.17) is 0 Å². The smallest absolute Gasteiger partial charge is 0.223 e. The monoisotopic (exact) mass is 245 g/mol. The highest BCUT2D eigenvalue weighted by atomic mass is 19.1. The van der Waals surface area contributed by atoms with Crippen molar-refractivity contribution in [3.63, 3.8) is 0 Å². The van der Waals surface area contributed by atoms with Gasteiger partial charge in [-0.3, -0.25) is 0 Å². The minimum absolute atomic E-state index is 0.259. The van der Waals surface area contributed by atoms with Gasteiger partial charge in [-0.1, -0.05) is 11.6 Å². The normalized spacial score (nSPS) is 10.4. The maximum Gasteiger partial charge on any atom is 0.223 e. The van der Waals surface area contributed by atoms with Crippen LogP contribution in [0.2, 0.25) is 0 Å². The van der Waals surface area contributed by atoms with Crippen LogP contribution in [0.25, 0.3) is 11.3 Å². The molecule has 0 amide bonds. The molecule has 0 aliphatic rings. The minimum atomic E-state index is -0.259. The lowest BCUT2D eigenvalue weighted by Crippen LogP contribution is -2.04. The van der Waals surface area contributed by atoms with Gasteiger partial charge in [0.05, 0.1) is 5.69 Å². The number of nitrogens with zero attached hydrogens (tertiary/aromatic N) is 2. The van der Waals surface area contributed by atoms with Gasteiger partial charge >= 0.3 is 0 Å². The highest BCUT2D eigenvalue weighted by Crippen LogP contribution is 2.25. The summed E-state index contributed by atoms with van der Waals surface area (Å²) in [4.78, 5) is 8.53. The number of nitrogens with one attached hydrogen (secondary N) is 1. The summed E-state index contributed by atoms with van der Waals surface area (Å²) >= 11 is 0. The van der Waals surface area contributed by atoms with E-state index in [1.54, 1.807) is 18.3 Å². The number of anilines is 1. The highest BCUT2D eigenvalue weighted by Gasteiger charge is 2.11. The molecule has 0 fully saturated rings. The summed E-state index contributed by atoms with van der Waals surface area (Å²) in [6.45, 7) is 6.52. The molecule has 0 unspecified atom stereocenters. The molecule has 94 valence electrons. The molecule has 1 heterocycles. The molecule has 2 aromatic rings. The van der Waals surface area contributed by atoms with Gasteiger partial charge in [-0.15, -0.1) is 0 Å². The SMILES string of the molecule is CCNc1ncc(C)c(-c2cc(C)ccc2F)n1. The first-order chi connectivity index (χ1) is 8.61. The van der Waals surface area contributed by atoms with Gasteiger partial charge in [-0.05, 0) is 38.5 Å². The Morgan fingerprint density at radius 1 is 1.28 bits per heavy atom. The fourth-order valence-corrected chi connectivity index (χ4v) is 1.78. The minimum Gasteiger partial charge on any atom is -0.354 e. The average molecular weight is 245 g/mol. The quantitative estimate of drug-likeness (QED) is 0.901. The Morgan fingerprint density at radius 2 is 2.06 bits per heavy atom. The fourth-order valence-electron chi connectivity index (χ4n) is 1.78. The van der Waals surface area contributed by atoms with E-state index in [2.05, 4.69) is 15.3 Å². The van der Waals surface area contributed by atoms with E-state index in [9.17, 15) is 4.39 Å². The van der Waals surface area contributed by atoms with Crippen LogP contribution in [0.1, 0.15) is 18.1 Å². The molecule has 0 aliphatic heterocycles. The van der Waals surface area contributed by atoms with Crippen LogP contribution in [0.15, 0.2) is 24.4 Å². The third-order valence-electron chi connectivity index (χ3n) is 2.68. The second kappa shape index (κ2) is 5.12. The Bertz CT molecular complexity index is 567. The fraction of sp³-hybridized carbons (Fsp3) is 0.286. The second-order valence-electron chi connectivity index (χ2n) is 4.24. The van der Waals surface area contributed by atoms with Crippen molar-refractivity contribution < 1.29 is 4.39 Å². The summed E-state index contributed by atoms with van der Waals surface area (Å²) in [5.74, 6) is 0.267. The van der Waals surface area contributed by atoms with Crippen molar-refractivity contribution in [2.75, 3.05) is 11.9 Å². The second-order valence-corrected chi connectivity index (χ2v) is 4.24. The number of hydrogen-bond donors (Lipinski definition) is 1. The van der Waals surface area contributed by atoms with E-state index in [0.29, 0.717) is 17.2 Å². The van der Waals surface area contributed by atoms with Crippen LogP contribution in [-0.2, 0) is 0 Å². The van der Waals surface area contributed by atoms with E-state index in [1.165, 1.54) is 6.07 Å². The largest absolute Gasteiger partial charge is 0.354 e. The van der Waals surface area contributed by atoms with Crippen LogP contribution in [0.3, 0.4) is 0 Å². The molecule has 4 heteroatoms. The van der Waals surface area contributed by atoms with E-state index in [1.807, 2.05) is 20.8 Å². The number of hydrogen-bond acceptors (Lipinski definition) is 3. The van der Waals surface area contributed by atoms with Crippen LogP contribution in [0.4, 0.5) is 10.3 Å². The first-order valence-corrected chi connectivity index (χ1v) is 5.96. The number of aryl methyl sites for hydroxylation is 2. The number of halogens is 1. The topological polar surface area (TPSA) is 37.8 Å². The molecule has 2 rings (SSSR count). The van der Waals surface area contributed by atoms with Crippen molar-refractivity contribution >= 4 is 5.95 Å². The van der Waals surface area contributed by atoms with Gasteiger partial charge in [0, 0.05) is 18.3 Å². The molecule has 1 aromatic carbocycles.